The molecule has 3 heteroatoms. The van der Waals surface area contributed by atoms with Gasteiger partial charge in [-0.2, -0.15) is 0 Å². The molecule has 2 nitrogen and oxygen atoms in total. The molecule has 0 saturated carbocycles. The topological polar surface area (TPSA) is 37.3 Å². The molecular formula is C23H31BrO2. The number of hydrogen-bond acceptors (Lipinski definition) is 1. The summed E-state index contributed by atoms with van der Waals surface area (Å²) >= 11 is 3.63. The molecule has 1 N–H and O–H groups in total. The highest BCUT2D eigenvalue weighted by molar-refractivity contribution is 9.11. The van der Waals surface area contributed by atoms with Crippen LogP contribution in [0, 0.1) is 23.7 Å². The van der Waals surface area contributed by atoms with E-state index in [9.17, 15) is 4.79 Å². The first-order chi connectivity index (χ1) is 12.7. The maximum atomic E-state index is 10.3. The number of hydrogen-bond donors (Lipinski definition) is 1. The standard InChI is InChI=1S/C23H31BrO2/c1-2-3-4-16-19-22(24)20-17-14-12-10-8-6-5-7-9-11-13-15-18-21-23(25)26/h4-5,7,16,19H,2-3,6,8,10,12,14,17-18,20-21H2,1H3,(H,25,26). The van der Waals surface area contributed by atoms with Crippen molar-refractivity contribution in [3.8, 4) is 23.7 Å². The molecule has 142 valence electrons. The molecule has 0 amide bonds. The minimum atomic E-state index is -0.823. The fourth-order valence-electron chi connectivity index (χ4n) is 2.10. The molecule has 0 aliphatic rings. The van der Waals surface area contributed by atoms with Crippen molar-refractivity contribution in [2.45, 2.75) is 77.6 Å². The van der Waals surface area contributed by atoms with Gasteiger partial charge in [0.2, 0.25) is 0 Å². The number of carboxylic acids is 1. The molecule has 0 unspecified atom stereocenters. The molecule has 0 spiro atoms. The zero-order valence-corrected chi connectivity index (χ0v) is 17.5. The first kappa shape index (κ1) is 24.3. The number of allylic oxidation sites excluding steroid dienone is 6. The van der Waals surface area contributed by atoms with Crippen LogP contribution >= 0.6 is 15.9 Å². The summed E-state index contributed by atoms with van der Waals surface area (Å²) in [4.78, 5) is 10.3. The number of carboxylic acid groups (broad SMARTS) is 1. The lowest BCUT2D eigenvalue weighted by atomic mass is 10.1. The third kappa shape index (κ3) is 20.3. The van der Waals surface area contributed by atoms with E-state index in [-0.39, 0.29) is 6.42 Å². The van der Waals surface area contributed by atoms with Crippen LogP contribution in [0.2, 0.25) is 0 Å². The highest BCUT2D eigenvalue weighted by atomic mass is 79.9. The van der Waals surface area contributed by atoms with Crippen molar-refractivity contribution in [1.29, 1.82) is 0 Å². The summed E-state index contributed by atoms with van der Waals surface area (Å²) in [6, 6.07) is 0. The predicted octanol–water partition coefficient (Wildman–Crippen LogP) is 6.78. The summed E-state index contributed by atoms with van der Waals surface area (Å²) in [5.41, 5.74) is 0. The zero-order chi connectivity index (χ0) is 19.3. The molecule has 0 radical (unpaired) electrons. The Balaban J connectivity index is 3.55. The van der Waals surface area contributed by atoms with Crippen molar-refractivity contribution in [2.24, 2.45) is 0 Å². The monoisotopic (exact) mass is 418 g/mol. The molecule has 0 fully saturated rings. The van der Waals surface area contributed by atoms with Crippen LogP contribution in [0.3, 0.4) is 0 Å². The lowest BCUT2D eigenvalue weighted by Gasteiger charge is -2.00. The van der Waals surface area contributed by atoms with E-state index in [0.717, 1.165) is 19.3 Å². The Bertz CT molecular complexity index is 577. The summed E-state index contributed by atoms with van der Waals surface area (Å²) in [7, 11) is 0. The highest BCUT2D eigenvalue weighted by Crippen LogP contribution is 2.16. The van der Waals surface area contributed by atoms with E-state index in [1.54, 1.807) is 0 Å². The van der Waals surface area contributed by atoms with Gasteiger partial charge in [0.05, 0.1) is 6.42 Å². The Morgan fingerprint density at radius 1 is 1.00 bits per heavy atom. The third-order valence-corrected chi connectivity index (χ3v) is 4.20. The minimum Gasteiger partial charge on any atom is -0.481 e. The van der Waals surface area contributed by atoms with Gasteiger partial charge in [-0.15, -0.1) is 0 Å². The molecule has 0 aromatic carbocycles. The number of rotatable bonds is 13. The van der Waals surface area contributed by atoms with Crippen LogP contribution in [0.4, 0.5) is 0 Å². The van der Waals surface area contributed by atoms with Gasteiger partial charge in [0.15, 0.2) is 0 Å². The third-order valence-electron chi connectivity index (χ3n) is 3.54. The number of unbranched alkanes of at least 4 members (excludes halogenated alkanes) is 6. The van der Waals surface area contributed by atoms with Crippen LogP contribution < -0.4 is 0 Å². The Hall–Kier alpha value is -1.71. The quantitative estimate of drug-likeness (QED) is 0.203. The SMILES string of the molecule is CCCC=CC=C(Br)CCCCCCCC=CC#CC#CCCC(=O)O. The first-order valence-electron chi connectivity index (χ1n) is 9.53. The molecule has 0 aliphatic carbocycles. The molecule has 0 atom stereocenters. The lowest BCUT2D eigenvalue weighted by Crippen LogP contribution is -1.91. The van der Waals surface area contributed by atoms with Crippen molar-refractivity contribution in [1.82, 2.24) is 0 Å². The van der Waals surface area contributed by atoms with Crippen LogP contribution in [0.1, 0.15) is 77.6 Å². The van der Waals surface area contributed by atoms with Crippen LogP contribution in [0.25, 0.3) is 0 Å². The van der Waals surface area contributed by atoms with E-state index < -0.39 is 5.97 Å². The van der Waals surface area contributed by atoms with Crippen molar-refractivity contribution < 1.29 is 9.90 Å². The Kier molecular flexibility index (Phi) is 18.3. The van der Waals surface area contributed by atoms with Crippen LogP contribution in [0.15, 0.2) is 34.9 Å². The van der Waals surface area contributed by atoms with Crippen LogP contribution in [-0.4, -0.2) is 11.1 Å². The predicted molar refractivity (Wildman–Crippen MR) is 115 cm³/mol. The lowest BCUT2D eigenvalue weighted by molar-refractivity contribution is -0.136. The Morgan fingerprint density at radius 2 is 1.77 bits per heavy atom. The summed E-state index contributed by atoms with van der Waals surface area (Å²) in [6.45, 7) is 2.19. The van der Waals surface area contributed by atoms with Crippen molar-refractivity contribution in [2.75, 3.05) is 0 Å². The fourth-order valence-corrected chi connectivity index (χ4v) is 2.53. The van der Waals surface area contributed by atoms with Gasteiger partial charge in [0.25, 0.3) is 0 Å². The maximum Gasteiger partial charge on any atom is 0.304 e. The zero-order valence-electron chi connectivity index (χ0n) is 15.9. The molecule has 0 bridgehead atoms. The van der Waals surface area contributed by atoms with Gasteiger partial charge >= 0.3 is 5.97 Å². The smallest absolute Gasteiger partial charge is 0.304 e. The summed E-state index contributed by atoms with van der Waals surface area (Å²) < 4.78 is 1.29. The Labute approximate surface area is 168 Å². The average Bonchev–Trinajstić information content (AvgIpc) is 2.61. The fraction of sp³-hybridized carbons (Fsp3) is 0.522. The van der Waals surface area contributed by atoms with E-state index in [1.807, 2.05) is 6.08 Å². The molecule has 26 heavy (non-hydrogen) atoms. The van der Waals surface area contributed by atoms with E-state index >= 15 is 0 Å². The summed E-state index contributed by atoms with van der Waals surface area (Å²) in [5.74, 6) is 10.1. The number of aliphatic carboxylic acids is 1. The minimum absolute atomic E-state index is 0.0771. The molecule has 0 aliphatic heterocycles. The van der Waals surface area contributed by atoms with Gasteiger partial charge in [-0.25, -0.2) is 0 Å². The molecule has 0 saturated heterocycles. The second-order valence-corrected chi connectivity index (χ2v) is 7.02. The van der Waals surface area contributed by atoms with Gasteiger partial charge in [0, 0.05) is 6.42 Å². The summed E-state index contributed by atoms with van der Waals surface area (Å²) in [6.07, 6.45) is 21.6. The van der Waals surface area contributed by atoms with Gasteiger partial charge < -0.3 is 5.11 Å². The van der Waals surface area contributed by atoms with Crippen LogP contribution in [0.5, 0.6) is 0 Å². The molecule has 0 rings (SSSR count). The highest BCUT2D eigenvalue weighted by Gasteiger charge is 1.93. The molecule has 0 aromatic rings. The first-order valence-corrected chi connectivity index (χ1v) is 10.3. The average molecular weight is 419 g/mol. The van der Waals surface area contributed by atoms with Gasteiger partial charge in [-0.3, -0.25) is 4.79 Å². The van der Waals surface area contributed by atoms with E-state index in [0.29, 0.717) is 6.42 Å². The van der Waals surface area contributed by atoms with E-state index in [4.69, 9.17) is 5.11 Å². The largest absolute Gasteiger partial charge is 0.481 e. The second kappa shape index (κ2) is 19.6. The molecule has 0 heterocycles. The van der Waals surface area contributed by atoms with Gasteiger partial charge in [0.1, 0.15) is 0 Å². The number of halogens is 1. The van der Waals surface area contributed by atoms with Crippen molar-refractivity contribution in [3.63, 3.8) is 0 Å². The maximum absolute atomic E-state index is 10.3. The summed E-state index contributed by atoms with van der Waals surface area (Å²) in [5, 5.41) is 8.45. The van der Waals surface area contributed by atoms with Crippen molar-refractivity contribution >= 4 is 21.9 Å². The second-order valence-electron chi connectivity index (χ2n) is 6.00. The van der Waals surface area contributed by atoms with Gasteiger partial charge in [-0.05, 0) is 54.5 Å². The van der Waals surface area contributed by atoms with E-state index in [2.05, 4.69) is 70.8 Å². The van der Waals surface area contributed by atoms with Crippen molar-refractivity contribution in [3.05, 3.63) is 34.9 Å². The molecular weight excluding hydrogens is 388 g/mol. The van der Waals surface area contributed by atoms with E-state index in [1.165, 1.54) is 43.0 Å². The van der Waals surface area contributed by atoms with Gasteiger partial charge in [-0.1, -0.05) is 84.7 Å². The number of carbonyl (C=O) groups is 1. The Morgan fingerprint density at radius 3 is 2.54 bits per heavy atom. The van der Waals surface area contributed by atoms with Crippen LogP contribution in [-0.2, 0) is 4.79 Å². The molecule has 0 aromatic heterocycles. The normalized spacial score (nSPS) is 11.2.